The number of hydrogen-bond donors (Lipinski definition) is 1. The van der Waals surface area contributed by atoms with E-state index in [-0.39, 0.29) is 11.3 Å². The molecule has 3 rings (SSSR count). The van der Waals surface area contributed by atoms with Crippen molar-refractivity contribution in [2.75, 3.05) is 5.32 Å². The first-order chi connectivity index (χ1) is 14.3. The normalized spacial score (nSPS) is 10.5. The number of rotatable bonds is 6. The summed E-state index contributed by atoms with van der Waals surface area (Å²) in [6.45, 7) is 5.45. The van der Waals surface area contributed by atoms with Gasteiger partial charge in [-0.3, -0.25) is 9.59 Å². The number of carboxylic acid groups (broad SMARTS) is 1. The summed E-state index contributed by atoms with van der Waals surface area (Å²) in [7, 11) is 0. The molecule has 0 spiro atoms. The molecule has 1 N–H and O–H groups in total. The molecule has 0 aromatic heterocycles. The SMILES string of the molecule is CCc1ccc(-c2ccc(NC(=O)c3ccc(C(C)=O)cc3)cc2C(=O)[O-])c(C)c1. The predicted octanol–water partition coefficient (Wildman–Crippen LogP) is 4.04. The molecule has 3 aromatic carbocycles. The summed E-state index contributed by atoms with van der Waals surface area (Å²) in [5.74, 6) is -1.80. The lowest BCUT2D eigenvalue weighted by Crippen LogP contribution is -2.23. The van der Waals surface area contributed by atoms with Gasteiger partial charge in [-0.15, -0.1) is 0 Å². The molecule has 0 fully saturated rings. The van der Waals surface area contributed by atoms with E-state index in [2.05, 4.69) is 12.2 Å². The quantitative estimate of drug-likeness (QED) is 0.633. The van der Waals surface area contributed by atoms with Gasteiger partial charge in [-0.1, -0.05) is 43.3 Å². The van der Waals surface area contributed by atoms with Crippen molar-refractivity contribution in [3.8, 4) is 11.1 Å². The molecule has 0 aliphatic rings. The fourth-order valence-corrected chi connectivity index (χ4v) is 3.33. The van der Waals surface area contributed by atoms with Gasteiger partial charge in [0.25, 0.3) is 5.91 Å². The molecule has 1 amide bonds. The number of amides is 1. The highest BCUT2D eigenvalue weighted by atomic mass is 16.4. The van der Waals surface area contributed by atoms with Crippen LogP contribution in [0.3, 0.4) is 0 Å². The first kappa shape index (κ1) is 21.0. The molecule has 0 unspecified atom stereocenters. The van der Waals surface area contributed by atoms with Gasteiger partial charge in [-0.05, 0) is 66.8 Å². The molecule has 0 aliphatic carbocycles. The van der Waals surface area contributed by atoms with E-state index < -0.39 is 11.9 Å². The van der Waals surface area contributed by atoms with E-state index in [0.29, 0.717) is 22.4 Å². The molecule has 0 heterocycles. The Morgan fingerprint density at radius 3 is 2.07 bits per heavy atom. The zero-order valence-corrected chi connectivity index (χ0v) is 17.1. The smallest absolute Gasteiger partial charge is 0.255 e. The summed E-state index contributed by atoms with van der Waals surface area (Å²) >= 11 is 0. The highest BCUT2D eigenvalue weighted by molar-refractivity contribution is 6.06. The summed E-state index contributed by atoms with van der Waals surface area (Å²) in [5.41, 5.74) is 4.73. The minimum absolute atomic E-state index is 0.00655. The number of anilines is 1. The second-order valence-electron chi connectivity index (χ2n) is 7.14. The zero-order chi connectivity index (χ0) is 21.8. The molecule has 3 aromatic rings. The van der Waals surface area contributed by atoms with Crippen LogP contribution in [0, 0.1) is 6.92 Å². The molecule has 152 valence electrons. The monoisotopic (exact) mass is 400 g/mol. The number of carbonyl (C=O) groups excluding carboxylic acids is 3. The average Bonchev–Trinajstić information content (AvgIpc) is 2.73. The van der Waals surface area contributed by atoms with E-state index in [9.17, 15) is 19.5 Å². The van der Waals surface area contributed by atoms with E-state index >= 15 is 0 Å². The number of carbonyl (C=O) groups is 3. The number of ketones is 1. The fourth-order valence-electron chi connectivity index (χ4n) is 3.33. The number of Topliss-reactive ketones (excluding diaryl/α,β-unsaturated/α-hetero) is 1. The molecular weight excluding hydrogens is 378 g/mol. The lowest BCUT2D eigenvalue weighted by Gasteiger charge is -2.16. The predicted molar refractivity (Wildman–Crippen MR) is 115 cm³/mol. The summed E-state index contributed by atoms with van der Waals surface area (Å²) in [6.07, 6.45) is 0.896. The van der Waals surface area contributed by atoms with Crippen molar-refractivity contribution in [1.29, 1.82) is 0 Å². The molecule has 0 saturated carbocycles. The van der Waals surface area contributed by atoms with Crippen LogP contribution in [-0.4, -0.2) is 17.7 Å². The number of aryl methyl sites for hydroxylation is 2. The minimum Gasteiger partial charge on any atom is -0.545 e. The van der Waals surface area contributed by atoms with Crippen molar-refractivity contribution in [1.82, 2.24) is 0 Å². The third kappa shape index (κ3) is 4.46. The number of carboxylic acids is 1. The summed E-state index contributed by atoms with van der Waals surface area (Å²) < 4.78 is 0. The van der Waals surface area contributed by atoms with Crippen LogP contribution in [0.4, 0.5) is 5.69 Å². The van der Waals surface area contributed by atoms with Crippen LogP contribution in [0.25, 0.3) is 11.1 Å². The van der Waals surface area contributed by atoms with Crippen molar-refractivity contribution in [3.05, 3.63) is 88.5 Å². The Bertz CT molecular complexity index is 1130. The molecule has 0 atom stereocenters. The van der Waals surface area contributed by atoms with Crippen molar-refractivity contribution in [2.45, 2.75) is 27.2 Å². The van der Waals surface area contributed by atoms with Crippen molar-refractivity contribution in [3.63, 3.8) is 0 Å². The maximum atomic E-state index is 12.5. The minimum atomic E-state index is -1.31. The lowest BCUT2D eigenvalue weighted by molar-refractivity contribution is -0.254. The molecule has 5 nitrogen and oxygen atoms in total. The fraction of sp³-hybridized carbons (Fsp3) is 0.160. The van der Waals surface area contributed by atoms with Gasteiger partial charge in [0, 0.05) is 22.4 Å². The van der Waals surface area contributed by atoms with E-state index in [1.54, 1.807) is 36.4 Å². The van der Waals surface area contributed by atoms with E-state index in [1.165, 1.54) is 18.6 Å². The second-order valence-corrected chi connectivity index (χ2v) is 7.14. The van der Waals surface area contributed by atoms with Crippen LogP contribution in [0.5, 0.6) is 0 Å². The van der Waals surface area contributed by atoms with Gasteiger partial charge in [-0.2, -0.15) is 0 Å². The molecule has 0 bridgehead atoms. The standard InChI is InChI=1S/C25H23NO4/c1-4-17-5-11-21(15(2)13-17)22-12-10-20(14-23(22)25(29)30)26-24(28)19-8-6-18(7-9-19)16(3)27/h5-14H,4H2,1-3H3,(H,26,28)(H,29,30)/p-1. The Morgan fingerprint density at radius 1 is 0.867 bits per heavy atom. The maximum absolute atomic E-state index is 12.5. The van der Waals surface area contributed by atoms with Crippen LogP contribution >= 0.6 is 0 Å². The lowest BCUT2D eigenvalue weighted by atomic mass is 9.93. The van der Waals surface area contributed by atoms with E-state index in [4.69, 9.17) is 0 Å². The van der Waals surface area contributed by atoms with Crippen LogP contribution in [0.15, 0.2) is 60.7 Å². The Labute approximate surface area is 175 Å². The molecule has 0 saturated heterocycles. The summed E-state index contributed by atoms with van der Waals surface area (Å²) in [4.78, 5) is 35.6. The summed E-state index contributed by atoms with van der Waals surface area (Å²) in [6, 6.07) is 16.9. The van der Waals surface area contributed by atoms with Gasteiger partial charge in [0.2, 0.25) is 0 Å². The Balaban J connectivity index is 1.91. The maximum Gasteiger partial charge on any atom is 0.255 e. The molecular formula is C25H22NO4-. The van der Waals surface area contributed by atoms with E-state index in [1.807, 2.05) is 25.1 Å². The Morgan fingerprint density at radius 2 is 1.50 bits per heavy atom. The number of benzene rings is 3. The molecule has 30 heavy (non-hydrogen) atoms. The van der Waals surface area contributed by atoms with Gasteiger partial charge in [0.1, 0.15) is 0 Å². The van der Waals surface area contributed by atoms with E-state index in [0.717, 1.165) is 17.5 Å². The van der Waals surface area contributed by atoms with Crippen LogP contribution < -0.4 is 10.4 Å². The van der Waals surface area contributed by atoms with Gasteiger partial charge in [0.15, 0.2) is 5.78 Å². The Hall–Kier alpha value is -3.73. The summed E-state index contributed by atoms with van der Waals surface area (Å²) in [5, 5.41) is 14.5. The number of nitrogens with one attached hydrogen (secondary N) is 1. The largest absolute Gasteiger partial charge is 0.545 e. The Kier molecular flexibility index (Phi) is 6.11. The highest BCUT2D eigenvalue weighted by Crippen LogP contribution is 2.30. The van der Waals surface area contributed by atoms with Gasteiger partial charge in [0.05, 0.1) is 5.97 Å². The first-order valence-corrected chi connectivity index (χ1v) is 9.67. The third-order valence-corrected chi connectivity index (χ3v) is 5.04. The van der Waals surface area contributed by atoms with Gasteiger partial charge < -0.3 is 15.2 Å². The van der Waals surface area contributed by atoms with Crippen molar-refractivity contribution in [2.24, 2.45) is 0 Å². The highest BCUT2D eigenvalue weighted by Gasteiger charge is 2.13. The van der Waals surface area contributed by atoms with Crippen LogP contribution in [0.2, 0.25) is 0 Å². The second kappa shape index (κ2) is 8.74. The van der Waals surface area contributed by atoms with Crippen LogP contribution in [-0.2, 0) is 6.42 Å². The van der Waals surface area contributed by atoms with Gasteiger partial charge in [-0.25, -0.2) is 0 Å². The first-order valence-electron chi connectivity index (χ1n) is 9.67. The van der Waals surface area contributed by atoms with Crippen molar-refractivity contribution < 1.29 is 19.5 Å². The number of aromatic carboxylic acids is 1. The molecule has 0 aliphatic heterocycles. The zero-order valence-electron chi connectivity index (χ0n) is 17.1. The number of hydrogen-bond acceptors (Lipinski definition) is 4. The third-order valence-electron chi connectivity index (χ3n) is 5.04. The molecule has 0 radical (unpaired) electrons. The average molecular weight is 400 g/mol. The van der Waals surface area contributed by atoms with Crippen molar-refractivity contribution >= 4 is 23.3 Å². The van der Waals surface area contributed by atoms with Gasteiger partial charge >= 0.3 is 0 Å². The molecule has 5 heteroatoms. The topological polar surface area (TPSA) is 86.3 Å². The van der Waals surface area contributed by atoms with Crippen LogP contribution in [0.1, 0.15) is 56.0 Å².